The van der Waals surface area contributed by atoms with Crippen LogP contribution in [0.1, 0.15) is 0 Å². The fourth-order valence-corrected chi connectivity index (χ4v) is 1.72. The van der Waals surface area contributed by atoms with Crippen LogP contribution in [-0.4, -0.2) is 33.3 Å². The Kier molecular flexibility index (Phi) is 2.09. The summed E-state index contributed by atoms with van der Waals surface area (Å²) in [5.41, 5.74) is 1.02. The van der Waals surface area contributed by atoms with Crippen molar-refractivity contribution in [1.82, 2.24) is 0 Å². The van der Waals surface area contributed by atoms with E-state index in [0.29, 0.717) is 11.4 Å². The van der Waals surface area contributed by atoms with Crippen molar-refractivity contribution in [3.63, 3.8) is 0 Å². The SMILES string of the molecule is C=CC(O)(O)N1c2cccc1c2B(O)O. The van der Waals surface area contributed by atoms with Crippen molar-refractivity contribution in [2.75, 3.05) is 4.90 Å². The Hall–Kier alpha value is -1.34. The number of anilines is 2. The van der Waals surface area contributed by atoms with E-state index in [1.54, 1.807) is 18.2 Å². The maximum Gasteiger partial charge on any atom is 0.492 e. The molecule has 0 radical (unpaired) electrons. The van der Waals surface area contributed by atoms with E-state index in [1.165, 1.54) is 0 Å². The predicted octanol–water partition coefficient (Wildman–Crippen LogP) is -1.36. The van der Waals surface area contributed by atoms with Crippen molar-refractivity contribution in [2.45, 2.75) is 5.91 Å². The van der Waals surface area contributed by atoms with Crippen molar-refractivity contribution >= 4 is 24.0 Å². The standard InChI is InChI=1S/C9H10BNO4/c1-2-9(12,13)11-6-4-3-5-7(11)8(6)10(14)15/h2-5,12-15H,1H2. The van der Waals surface area contributed by atoms with Gasteiger partial charge in [0, 0.05) is 16.8 Å². The molecule has 2 aliphatic heterocycles. The van der Waals surface area contributed by atoms with E-state index in [0.717, 1.165) is 11.0 Å². The first kappa shape index (κ1) is 10.2. The average molecular weight is 207 g/mol. The number of hydrogen-bond donors (Lipinski definition) is 4. The lowest BCUT2D eigenvalue weighted by atomic mass is 9.72. The summed E-state index contributed by atoms with van der Waals surface area (Å²) in [6.45, 7) is 3.29. The molecule has 0 aliphatic carbocycles. The average Bonchev–Trinajstić information content (AvgIpc) is 2.17. The molecule has 78 valence electrons. The molecule has 1 aromatic rings. The number of fused-ring (bicyclic) bond motifs is 2. The summed E-state index contributed by atoms with van der Waals surface area (Å²) in [5.74, 6) is -2.20. The van der Waals surface area contributed by atoms with Crippen LogP contribution in [0.5, 0.6) is 0 Å². The second-order valence-corrected chi connectivity index (χ2v) is 3.31. The minimum Gasteiger partial charge on any atom is -0.423 e. The predicted molar refractivity (Wildman–Crippen MR) is 55.8 cm³/mol. The zero-order valence-corrected chi connectivity index (χ0v) is 7.83. The molecule has 2 bridgehead atoms. The number of rotatable bonds is 3. The van der Waals surface area contributed by atoms with Gasteiger partial charge in [-0.25, -0.2) is 0 Å². The fraction of sp³-hybridized carbons (Fsp3) is 0.111. The highest BCUT2D eigenvalue weighted by atomic mass is 16.5. The van der Waals surface area contributed by atoms with Crippen molar-refractivity contribution in [3.05, 3.63) is 30.9 Å². The third-order valence-corrected chi connectivity index (χ3v) is 2.40. The number of aliphatic hydroxyl groups is 2. The molecule has 3 rings (SSSR count). The Morgan fingerprint density at radius 3 is 2.20 bits per heavy atom. The quantitative estimate of drug-likeness (QED) is 0.279. The largest absolute Gasteiger partial charge is 0.492 e. The van der Waals surface area contributed by atoms with Gasteiger partial charge in [0.25, 0.3) is 5.91 Å². The summed E-state index contributed by atoms with van der Waals surface area (Å²) < 4.78 is 0. The molecule has 0 spiro atoms. The fourth-order valence-electron chi connectivity index (χ4n) is 1.72. The molecule has 2 aliphatic rings. The molecule has 0 saturated heterocycles. The van der Waals surface area contributed by atoms with Crippen molar-refractivity contribution in [2.24, 2.45) is 0 Å². The lowest BCUT2D eigenvalue weighted by Crippen LogP contribution is -2.56. The molecule has 15 heavy (non-hydrogen) atoms. The first-order chi connectivity index (χ1) is 6.99. The van der Waals surface area contributed by atoms with Gasteiger partial charge < -0.3 is 20.3 Å². The molecule has 0 atom stereocenters. The Morgan fingerprint density at radius 1 is 1.27 bits per heavy atom. The van der Waals surface area contributed by atoms with Gasteiger partial charge in [-0.1, -0.05) is 12.6 Å². The molecular weight excluding hydrogens is 197 g/mol. The van der Waals surface area contributed by atoms with E-state index in [2.05, 4.69) is 6.58 Å². The summed E-state index contributed by atoms with van der Waals surface area (Å²) in [6, 6.07) is 4.81. The van der Waals surface area contributed by atoms with Gasteiger partial charge in [-0.15, -0.1) is 0 Å². The highest BCUT2D eigenvalue weighted by molar-refractivity contribution is 6.64. The van der Waals surface area contributed by atoms with E-state index in [-0.39, 0.29) is 5.46 Å². The van der Waals surface area contributed by atoms with E-state index < -0.39 is 13.0 Å². The van der Waals surface area contributed by atoms with Gasteiger partial charge in [-0.05, 0) is 18.2 Å². The molecule has 4 N–H and O–H groups in total. The van der Waals surface area contributed by atoms with E-state index in [9.17, 15) is 10.2 Å². The third kappa shape index (κ3) is 1.27. The van der Waals surface area contributed by atoms with Gasteiger partial charge in [-0.3, -0.25) is 4.90 Å². The normalized spacial score (nSPS) is 13.5. The van der Waals surface area contributed by atoms with Gasteiger partial charge in [0.05, 0.1) is 0 Å². The van der Waals surface area contributed by atoms with Crippen LogP contribution in [0.4, 0.5) is 11.4 Å². The highest BCUT2D eigenvalue weighted by Gasteiger charge is 2.43. The summed E-state index contributed by atoms with van der Waals surface area (Å²) in [4.78, 5) is 1.16. The first-order valence-corrected chi connectivity index (χ1v) is 4.36. The molecule has 6 heteroatoms. The van der Waals surface area contributed by atoms with E-state index in [1.807, 2.05) is 0 Å². The van der Waals surface area contributed by atoms with E-state index in [4.69, 9.17) is 10.0 Å². The molecule has 5 nitrogen and oxygen atoms in total. The van der Waals surface area contributed by atoms with Gasteiger partial charge >= 0.3 is 7.12 Å². The maximum atomic E-state index is 9.54. The monoisotopic (exact) mass is 207 g/mol. The van der Waals surface area contributed by atoms with Crippen LogP contribution in [0.15, 0.2) is 30.9 Å². The van der Waals surface area contributed by atoms with Crippen LogP contribution in [0.3, 0.4) is 0 Å². The molecule has 0 saturated carbocycles. The Balaban J connectivity index is 2.43. The molecule has 2 heterocycles. The topological polar surface area (TPSA) is 84.2 Å². The minimum atomic E-state index is -2.20. The Labute approximate surface area is 86.7 Å². The smallest absolute Gasteiger partial charge is 0.423 e. The maximum absolute atomic E-state index is 9.54. The van der Waals surface area contributed by atoms with Crippen LogP contribution in [0, 0.1) is 0 Å². The molecule has 0 unspecified atom stereocenters. The first-order valence-electron chi connectivity index (χ1n) is 4.36. The van der Waals surface area contributed by atoms with Gasteiger partial charge in [0.15, 0.2) is 0 Å². The van der Waals surface area contributed by atoms with Gasteiger partial charge in [0.2, 0.25) is 0 Å². The molecular formula is C9H10BNO4. The number of hydrogen-bond acceptors (Lipinski definition) is 5. The second kappa shape index (κ2) is 3.08. The lowest BCUT2D eigenvalue weighted by molar-refractivity contribution is -0.111. The molecule has 1 aromatic carbocycles. The Morgan fingerprint density at radius 2 is 1.80 bits per heavy atom. The minimum absolute atomic E-state index is 0.284. The van der Waals surface area contributed by atoms with Crippen molar-refractivity contribution < 1.29 is 20.3 Å². The number of nitrogens with zero attached hydrogens (tertiary/aromatic N) is 1. The second-order valence-electron chi connectivity index (χ2n) is 3.31. The summed E-state index contributed by atoms with van der Waals surface area (Å²) in [6.07, 6.45) is 0.959. The molecule has 0 fully saturated rings. The summed E-state index contributed by atoms with van der Waals surface area (Å²) in [7, 11) is -1.62. The summed E-state index contributed by atoms with van der Waals surface area (Å²) >= 11 is 0. The van der Waals surface area contributed by atoms with Gasteiger partial charge in [0.1, 0.15) is 0 Å². The van der Waals surface area contributed by atoms with Crippen LogP contribution in [-0.2, 0) is 0 Å². The van der Waals surface area contributed by atoms with Crippen molar-refractivity contribution in [3.8, 4) is 0 Å². The number of benzene rings is 1. The highest BCUT2D eigenvalue weighted by Crippen LogP contribution is 2.39. The zero-order valence-electron chi connectivity index (χ0n) is 7.83. The zero-order chi connectivity index (χ0) is 11.2. The summed E-state index contributed by atoms with van der Waals surface area (Å²) in [5, 5.41) is 37.2. The van der Waals surface area contributed by atoms with Crippen molar-refractivity contribution in [1.29, 1.82) is 0 Å². The van der Waals surface area contributed by atoms with Gasteiger partial charge in [-0.2, -0.15) is 0 Å². The molecule has 0 amide bonds. The van der Waals surface area contributed by atoms with Crippen LogP contribution in [0.2, 0.25) is 0 Å². The van der Waals surface area contributed by atoms with E-state index >= 15 is 0 Å². The van der Waals surface area contributed by atoms with Crippen LogP contribution >= 0.6 is 0 Å². The van der Waals surface area contributed by atoms with Crippen LogP contribution < -0.4 is 10.4 Å². The molecule has 0 aromatic heterocycles. The lowest BCUT2D eigenvalue weighted by Gasteiger charge is -2.44. The third-order valence-electron chi connectivity index (χ3n) is 2.40. The Bertz CT molecular complexity index is 396. The van der Waals surface area contributed by atoms with Crippen LogP contribution in [0.25, 0.3) is 0 Å².